The molecule has 2 rings (SSSR count). The highest BCUT2D eigenvalue weighted by molar-refractivity contribution is 7.98. The van der Waals surface area contributed by atoms with Gasteiger partial charge in [-0.15, -0.1) is 0 Å². The highest BCUT2D eigenvalue weighted by Crippen LogP contribution is 2.25. The Balaban J connectivity index is 2.30. The lowest BCUT2D eigenvalue weighted by Gasteiger charge is -2.39. The molecule has 1 aliphatic rings. The van der Waals surface area contributed by atoms with Gasteiger partial charge in [-0.2, -0.15) is 24.4 Å². The van der Waals surface area contributed by atoms with Crippen molar-refractivity contribution < 1.29 is 24.6 Å². The number of amides is 2. The van der Waals surface area contributed by atoms with Crippen molar-refractivity contribution >= 4 is 42.2 Å². The first-order valence-electron chi connectivity index (χ1n) is 11.1. The van der Waals surface area contributed by atoms with E-state index in [0.717, 1.165) is 11.1 Å². The van der Waals surface area contributed by atoms with Gasteiger partial charge in [-0.25, -0.2) is 4.79 Å². The van der Waals surface area contributed by atoms with E-state index in [4.69, 9.17) is 0 Å². The molecule has 1 unspecified atom stereocenters. The van der Waals surface area contributed by atoms with Gasteiger partial charge in [-0.1, -0.05) is 38.1 Å². The fraction of sp³-hybridized carbons (Fsp3) is 0.609. The zero-order chi connectivity index (χ0) is 24.5. The van der Waals surface area contributed by atoms with Crippen LogP contribution in [0.15, 0.2) is 24.3 Å². The zero-order valence-corrected chi connectivity index (χ0v) is 21.1. The molecule has 10 heteroatoms. The molecule has 4 atom stereocenters. The van der Waals surface area contributed by atoms with Crippen LogP contribution in [0, 0.1) is 5.92 Å². The summed E-state index contributed by atoms with van der Waals surface area (Å²) in [6.07, 6.45) is 1.80. The van der Waals surface area contributed by atoms with Crippen LogP contribution in [0.5, 0.6) is 0 Å². The second-order valence-corrected chi connectivity index (χ2v) is 9.95. The van der Waals surface area contributed by atoms with Crippen LogP contribution in [-0.2, 0) is 27.3 Å². The van der Waals surface area contributed by atoms with Crippen LogP contribution in [-0.4, -0.2) is 81.4 Å². The number of aliphatic hydroxyl groups is 1. The SMILES string of the molecule is CSCC[C@H](NC(=O)[C@@H]1Cc2ccccc2CN1C(=O)[C@@H](NCC(O)CS)C(C)C)C(=O)O. The van der Waals surface area contributed by atoms with Crippen molar-refractivity contribution in [1.29, 1.82) is 0 Å². The van der Waals surface area contributed by atoms with Crippen molar-refractivity contribution in [1.82, 2.24) is 15.5 Å². The summed E-state index contributed by atoms with van der Waals surface area (Å²) < 4.78 is 0. The molecule has 2 amide bonds. The summed E-state index contributed by atoms with van der Waals surface area (Å²) in [4.78, 5) is 40.1. The van der Waals surface area contributed by atoms with Gasteiger partial charge in [0.25, 0.3) is 0 Å². The van der Waals surface area contributed by atoms with E-state index in [2.05, 4.69) is 23.3 Å². The molecular formula is C23H35N3O5S2. The number of aliphatic hydroxyl groups excluding tert-OH is 1. The first kappa shape index (κ1) is 27.5. The zero-order valence-electron chi connectivity index (χ0n) is 19.4. The van der Waals surface area contributed by atoms with Crippen molar-refractivity contribution in [2.24, 2.45) is 5.92 Å². The van der Waals surface area contributed by atoms with Crippen molar-refractivity contribution in [2.75, 3.05) is 24.3 Å². The van der Waals surface area contributed by atoms with Gasteiger partial charge >= 0.3 is 5.97 Å². The van der Waals surface area contributed by atoms with Crippen LogP contribution < -0.4 is 10.6 Å². The summed E-state index contributed by atoms with van der Waals surface area (Å²) in [5.74, 6) is -1.03. The molecule has 0 bridgehead atoms. The van der Waals surface area contributed by atoms with Crippen LogP contribution in [0.2, 0.25) is 0 Å². The number of hydrogen-bond donors (Lipinski definition) is 5. The Bertz CT molecular complexity index is 823. The number of aliphatic carboxylic acids is 1. The highest BCUT2D eigenvalue weighted by Gasteiger charge is 2.39. The van der Waals surface area contributed by atoms with Crippen molar-refractivity contribution in [2.45, 2.75) is 57.5 Å². The number of carbonyl (C=O) groups excluding carboxylic acids is 2. The van der Waals surface area contributed by atoms with Gasteiger partial charge in [0, 0.05) is 25.3 Å². The third kappa shape index (κ3) is 7.63. The molecule has 0 saturated carbocycles. The molecular weight excluding hydrogens is 462 g/mol. The van der Waals surface area contributed by atoms with Gasteiger partial charge in [0.15, 0.2) is 0 Å². The molecule has 1 aromatic rings. The lowest BCUT2D eigenvalue weighted by Crippen LogP contribution is -2.60. The number of rotatable bonds is 12. The van der Waals surface area contributed by atoms with Gasteiger partial charge in [0.05, 0.1) is 12.1 Å². The fourth-order valence-electron chi connectivity index (χ4n) is 3.86. The predicted molar refractivity (Wildman–Crippen MR) is 134 cm³/mol. The number of thiol groups is 1. The number of nitrogens with zero attached hydrogens (tertiary/aromatic N) is 1. The van der Waals surface area contributed by atoms with Gasteiger partial charge < -0.3 is 25.7 Å². The van der Waals surface area contributed by atoms with Crippen molar-refractivity contribution in [3.63, 3.8) is 0 Å². The minimum Gasteiger partial charge on any atom is -0.480 e. The smallest absolute Gasteiger partial charge is 0.326 e. The Kier molecular flexibility index (Phi) is 11.0. The number of carboxylic acids is 1. The Labute approximate surface area is 205 Å². The third-order valence-electron chi connectivity index (χ3n) is 5.78. The molecule has 0 aromatic heterocycles. The summed E-state index contributed by atoms with van der Waals surface area (Å²) in [5, 5.41) is 25.2. The highest BCUT2D eigenvalue weighted by atomic mass is 32.2. The molecule has 0 fully saturated rings. The normalized spacial score (nSPS) is 18.4. The number of thioether (sulfide) groups is 1. The Morgan fingerprint density at radius 1 is 1.24 bits per heavy atom. The predicted octanol–water partition coefficient (Wildman–Crippen LogP) is 1.17. The van der Waals surface area contributed by atoms with Crippen LogP contribution in [0.25, 0.3) is 0 Å². The summed E-state index contributed by atoms with van der Waals surface area (Å²) >= 11 is 5.59. The van der Waals surface area contributed by atoms with Crippen LogP contribution >= 0.6 is 24.4 Å². The average molecular weight is 498 g/mol. The number of nitrogens with one attached hydrogen (secondary N) is 2. The second kappa shape index (κ2) is 13.2. The molecule has 1 heterocycles. The number of carbonyl (C=O) groups is 3. The molecule has 0 spiro atoms. The molecule has 4 N–H and O–H groups in total. The number of hydrogen-bond acceptors (Lipinski definition) is 7. The number of benzene rings is 1. The van der Waals surface area contributed by atoms with Crippen molar-refractivity contribution in [3.05, 3.63) is 35.4 Å². The largest absolute Gasteiger partial charge is 0.480 e. The Morgan fingerprint density at radius 2 is 1.91 bits per heavy atom. The molecule has 0 radical (unpaired) electrons. The van der Waals surface area contributed by atoms with Gasteiger partial charge in [0.1, 0.15) is 12.1 Å². The average Bonchev–Trinajstić information content (AvgIpc) is 2.79. The monoisotopic (exact) mass is 497 g/mol. The standard InChI is InChI=1S/C23H35N3O5S2/c1-14(2)20(24-11-17(27)13-32)22(29)26-12-16-7-5-4-6-15(16)10-19(26)21(28)25-18(23(30)31)8-9-33-3/h4-7,14,17-20,24,27,32H,8-13H2,1-3H3,(H,25,28)(H,30,31)/t17?,18-,19-,20-/m0/s1. The third-order valence-corrected chi connectivity index (χ3v) is 6.84. The topological polar surface area (TPSA) is 119 Å². The molecule has 0 aliphatic carbocycles. The van der Waals surface area contributed by atoms with Crippen LogP contribution in [0.3, 0.4) is 0 Å². The quantitative estimate of drug-likeness (QED) is 0.275. The van der Waals surface area contributed by atoms with Gasteiger partial charge in [-0.3, -0.25) is 9.59 Å². The molecule has 8 nitrogen and oxygen atoms in total. The van der Waals surface area contributed by atoms with E-state index in [1.807, 2.05) is 44.4 Å². The van der Waals surface area contributed by atoms with Gasteiger partial charge in [0.2, 0.25) is 11.8 Å². The first-order chi connectivity index (χ1) is 15.7. The lowest BCUT2D eigenvalue weighted by molar-refractivity contribution is -0.146. The van der Waals surface area contributed by atoms with Gasteiger partial charge in [-0.05, 0) is 35.5 Å². The summed E-state index contributed by atoms with van der Waals surface area (Å²) in [6, 6.07) is 5.22. The van der Waals surface area contributed by atoms with Crippen molar-refractivity contribution in [3.8, 4) is 0 Å². The molecule has 1 aliphatic heterocycles. The Hall–Kier alpha value is -1.75. The maximum atomic E-state index is 13.6. The Morgan fingerprint density at radius 3 is 2.48 bits per heavy atom. The van der Waals surface area contributed by atoms with E-state index in [9.17, 15) is 24.6 Å². The van der Waals surface area contributed by atoms with E-state index in [0.29, 0.717) is 18.6 Å². The summed E-state index contributed by atoms with van der Waals surface area (Å²) in [5.41, 5.74) is 1.93. The summed E-state index contributed by atoms with van der Waals surface area (Å²) in [7, 11) is 0. The summed E-state index contributed by atoms with van der Waals surface area (Å²) in [6.45, 7) is 4.27. The van der Waals surface area contributed by atoms with E-state index in [1.54, 1.807) is 0 Å². The maximum absolute atomic E-state index is 13.6. The molecule has 0 saturated heterocycles. The second-order valence-electron chi connectivity index (χ2n) is 8.60. The molecule has 1 aromatic carbocycles. The lowest BCUT2D eigenvalue weighted by atomic mass is 9.91. The minimum atomic E-state index is -1.09. The molecule has 33 heavy (non-hydrogen) atoms. The van der Waals surface area contributed by atoms with E-state index >= 15 is 0 Å². The van der Waals surface area contributed by atoms with Crippen LogP contribution in [0.4, 0.5) is 0 Å². The first-order valence-corrected chi connectivity index (χ1v) is 13.1. The van der Waals surface area contributed by atoms with Crippen LogP contribution in [0.1, 0.15) is 31.4 Å². The molecule has 184 valence electrons. The fourth-order valence-corrected chi connectivity index (χ4v) is 4.46. The van der Waals surface area contributed by atoms with E-state index in [-0.39, 0.29) is 30.7 Å². The number of carboxylic acid groups (broad SMARTS) is 1. The van der Waals surface area contributed by atoms with E-state index < -0.39 is 36.1 Å². The maximum Gasteiger partial charge on any atom is 0.326 e. The van der Waals surface area contributed by atoms with E-state index in [1.165, 1.54) is 16.7 Å². The minimum absolute atomic E-state index is 0.0844. The number of fused-ring (bicyclic) bond motifs is 1.